The summed E-state index contributed by atoms with van der Waals surface area (Å²) < 4.78 is 5.23. The van der Waals surface area contributed by atoms with E-state index in [2.05, 4.69) is 10.6 Å². The van der Waals surface area contributed by atoms with Crippen LogP contribution < -0.4 is 15.4 Å². The number of hydrogen-bond donors (Lipinski definition) is 2. The third-order valence-electron chi connectivity index (χ3n) is 2.30. The number of ether oxygens (including phenoxy) is 1. The van der Waals surface area contributed by atoms with Gasteiger partial charge in [0, 0.05) is 31.1 Å². The fourth-order valence-corrected chi connectivity index (χ4v) is 1.56. The van der Waals surface area contributed by atoms with Crippen LogP contribution in [0.3, 0.4) is 0 Å². The van der Waals surface area contributed by atoms with Crippen LogP contribution in [0.15, 0.2) is 12.1 Å². The van der Waals surface area contributed by atoms with Crippen molar-refractivity contribution in [2.24, 2.45) is 0 Å². The lowest BCUT2D eigenvalue weighted by Gasteiger charge is -2.13. The number of aryl methyl sites for hydroxylation is 1. The van der Waals surface area contributed by atoms with Crippen molar-refractivity contribution in [1.82, 2.24) is 5.32 Å². The molecule has 0 fully saturated rings. The van der Waals surface area contributed by atoms with Crippen LogP contribution >= 0.6 is 11.6 Å². The topological polar surface area (TPSA) is 50.4 Å². The van der Waals surface area contributed by atoms with E-state index in [4.69, 9.17) is 16.3 Å². The van der Waals surface area contributed by atoms with Gasteiger partial charge in [-0.25, -0.2) is 0 Å². The SMILES string of the molecule is COc1cc(Cl)c(C)cc1NCCNC(C)=O. The highest BCUT2D eigenvalue weighted by molar-refractivity contribution is 6.31. The van der Waals surface area contributed by atoms with Gasteiger partial charge in [0.15, 0.2) is 0 Å². The van der Waals surface area contributed by atoms with Crippen LogP contribution in [0.5, 0.6) is 5.75 Å². The van der Waals surface area contributed by atoms with Gasteiger partial charge in [0.25, 0.3) is 0 Å². The van der Waals surface area contributed by atoms with Crippen LogP contribution in [0.2, 0.25) is 5.02 Å². The molecule has 1 amide bonds. The van der Waals surface area contributed by atoms with Gasteiger partial charge in [-0.2, -0.15) is 0 Å². The van der Waals surface area contributed by atoms with E-state index in [9.17, 15) is 4.79 Å². The van der Waals surface area contributed by atoms with Crippen molar-refractivity contribution in [3.05, 3.63) is 22.7 Å². The molecule has 0 unspecified atom stereocenters. The summed E-state index contributed by atoms with van der Waals surface area (Å²) >= 11 is 6.00. The second-order valence-electron chi connectivity index (χ2n) is 3.71. The molecule has 0 aromatic heterocycles. The van der Waals surface area contributed by atoms with Gasteiger partial charge in [-0.3, -0.25) is 4.79 Å². The van der Waals surface area contributed by atoms with E-state index in [0.29, 0.717) is 23.9 Å². The zero-order chi connectivity index (χ0) is 12.8. The molecule has 1 aromatic carbocycles. The van der Waals surface area contributed by atoms with Crippen molar-refractivity contribution in [2.75, 3.05) is 25.5 Å². The Kier molecular flexibility index (Phi) is 5.10. The lowest BCUT2D eigenvalue weighted by molar-refractivity contribution is -0.118. The van der Waals surface area contributed by atoms with Crippen molar-refractivity contribution in [1.29, 1.82) is 0 Å². The zero-order valence-electron chi connectivity index (χ0n) is 10.3. The maximum Gasteiger partial charge on any atom is 0.216 e. The van der Waals surface area contributed by atoms with E-state index >= 15 is 0 Å². The summed E-state index contributed by atoms with van der Waals surface area (Å²) in [6.45, 7) is 4.63. The van der Waals surface area contributed by atoms with E-state index < -0.39 is 0 Å². The molecule has 0 radical (unpaired) electrons. The third-order valence-corrected chi connectivity index (χ3v) is 2.70. The average Bonchev–Trinajstić information content (AvgIpc) is 2.28. The van der Waals surface area contributed by atoms with Gasteiger partial charge in [-0.05, 0) is 18.6 Å². The molecule has 0 bridgehead atoms. The Hall–Kier alpha value is -1.42. The minimum atomic E-state index is -0.0361. The van der Waals surface area contributed by atoms with Crippen LogP contribution in [0.25, 0.3) is 0 Å². The Morgan fingerprint density at radius 1 is 1.41 bits per heavy atom. The first-order chi connectivity index (χ1) is 8.04. The summed E-state index contributed by atoms with van der Waals surface area (Å²) in [4.78, 5) is 10.7. The number of carbonyl (C=O) groups is 1. The van der Waals surface area contributed by atoms with E-state index in [0.717, 1.165) is 11.3 Å². The Labute approximate surface area is 106 Å². The van der Waals surface area contributed by atoms with Crippen LogP contribution in [-0.2, 0) is 4.79 Å². The largest absolute Gasteiger partial charge is 0.495 e. The van der Waals surface area contributed by atoms with Crippen molar-refractivity contribution in [3.8, 4) is 5.75 Å². The summed E-state index contributed by atoms with van der Waals surface area (Å²) in [5, 5.41) is 6.58. The Morgan fingerprint density at radius 3 is 2.71 bits per heavy atom. The zero-order valence-corrected chi connectivity index (χ0v) is 11.0. The number of halogens is 1. The van der Waals surface area contributed by atoms with E-state index in [1.54, 1.807) is 13.2 Å². The molecule has 0 aliphatic rings. The van der Waals surface area contributed by atoms with Gasteiger partial charge in [-0.1, -0.05) is 11.6 Å². The first kappa shape index (κ1) is 13.6. The maximum absolute atomic E-state index is 10.7. The molecular weight excluding hydrogens is 240 g/mol. The van der Waals surface area contributed by atoms with Crippen LogP contribution in [0.4, 0.5) is 5.69 Å². The molecule has 0 aliphatic carbocycles. The van der Waals surface area contributed by atoms with Crippen molar-refractivity contribution in [3.63, 3.8) is 0 Å². The highest BCUT2D eigenvalue weighted by atomic mass is 35.5. The lowest BCUT2D eigenvalue weighted by Crippen LogP contribution is -2.26. The molecule has 4 nitrogen and oxygen atoms in total. The molecule has 0 aliphatic heterocycles. The number of amides is 1. The summed E-state index contributed by atoms with van der Waals surface area (Å²) in [6.07, 6.45) is 0. The molecule has 5 heteroatoms. The van der Waals surface area contributed by atoms with Crippen LogP contribution in [0, 0.1) is 6.92 Å². The first-order valence-electron chi connectivity index (χ1n) is 5.37. The summed E-state index contributed by atoms with van der Waals surface area (Å²) in [6, 6.07) is 3.70. The lowest BCUT2D eigenvalue weighted by atomic mass is 10.2. The standard InChI is InChI=1S/C12H17ClN2O2/c1-8-6-11(12(17-3)7-10(8)13)15-5-4-14-9(2)16/h6-7,15H,4-5H2,1-3H3,(H,14,16). The molecule has 0 spiro atoms. The Morgan fingerprint density at radius 2 is 2.12 bits per heavy atom. The molecule has 17 heavy (non-hydrogen) atoms. The highest BCUT2D eigenvalue weighted by Gasteiger charge is 2.06. The van der Waals surface area contributed by atoms with Gasteiger partial charge in [0.1, 0.15) is 5.75 Å². The smallest absolute Gasteiger partial charge is 0.216 e. The third kappa shape index (κ3) is 4.15. The van der Waals surface area contributed by atoms with Crippen molar-refractivity contribution >= 4 is 23.2 Å². The number of carbonyl (C=O) groups excluding carboxylic acids is 1. The molecule has 1 rings (SSSR count). The fourth-order valence-electron chi connectivity index (χ4n) is 1.41. The highest BCUT2D eigenvalue weighted by Crippen LogP contribution is 2.30. The van der Waals surface area contributed by atoms with Gasteiger partial charge < -0.3 is 15.4 Å². The fraction of sp³-hybridized carbons (Fsp3) is 0.417. The average molecular weight is 257 g/mol. The summed E-state index contributed by atoms with van der Waals surface area (Å²) in [5.41, 5.74) is 1.86. The van der Waals surface area contributed by atoms with Crippen LogP contribution in [-0.4, -0.2) is 26.1 Å². The van der Waals surface area contributed by atoms with Gasteiger partial charge >= 0.3 is 0 Å². The van der Waals surface area contributed by atoms with Crippen LogP contribution in [0.1, 0.15) is 12.5 Å². The molecule has 94 valence electrons. The minimum absolute atomic E-state index is 0.0361. The number of benzene rings is 1. The molecule has 1 aromatic rings. The first-order valence-corrected chi connectivity index (χ1v) is 5.75. The summed E-state index contributed by atoms with van der Waals surface area (Å²) in [7, 11) is 1.60. The second-order valence-corrected chi connectivity index (χ2v) is 4.12. The number of methoxy groups -OCH3 is 1. The molecule has 0 atom stereocenters. The second kappa shape index (κ2) is 6.35. The van der Waals surface area contributed by atoms with E-state index in [1.807, 2.05) is 13.0 Å². The maximum atomic E-state index is 10.7. The number of anilines is 1. The number of hydrogen-bond acceptors (Lipinski definition) is 3. The van der Waals surface area contributed by atoms with Gasteiger partial charge in [0.05, 0.1) is 12.8 Å². The molecule has 0 heterocycles. The van der Waals surface area contributed by atoms with Crippen molar-refractivity contribution in [2.45, 2.75) is 13.8 Å². The van der Waals surface area contributed by atoms with Gasteiger partial charge in [-0.15, -0.1) is 0 Å². The van der Waals surface area contributed by atoms with Crippen molar-refractivity contribution < 1.29 is 9.53 Å². The molecule has 0 saturated carbocycles. The number of rotatable bonds is 5. The van der Waals surface area contributed by atoms with Gasteiger partial charge in [0.2, 0.25) is 5.91 Å². The molecular formula is C12H17ClN2O2. The Balaban J connectivity index is 2.63. The molecule has 0 saturated heterocycles. The quantitative estimate of drug-likeness (QED) is 0.794. The Bertz CT molecular complexity index is 408. The molecule has 2 N–H and O–H groups in total. The minimum Gasteiger partial charge on any atom is -0.495 e. The normalized spacial score (nSPS) is 9.88. The monoisotopic (exact) mass is 256 g/mol. The van der Waals surface area contributed by atoms with E-state index in [-0.39, 0.29) is 5.91 Å². The predicted molar refractivity (Wildman–Crippen MR) is 69.9 cm³/mol. The predicted octanol–water partition coefficient (Wildman–Crippen LogP) is 2.21. The summed E-state index contributed by atoms with van der Waals surface area (Å²) in [5.74, 6) is 0.662. The number of nitrogens with one attached hydrogen (secondary N) is 2. The van der Waals surface area contributed by atoms with E-state index in [1.165, 1.54) is 6.92 Å².